The number of imidazole rings is 1. The third-order valence-electron chi connectivity index (χ3n) is 2.88. The fourth-order valence-corrected chi connectivity index (χ4v) is 3.68. The van der Waals surface area contributed by atoms with Gasteiger partial charge in [0, 0.05) is 30.0 Å². The molecule has 2 aromatic rings. The molecule has 0 aliphatic heterocycles. The third-order valence-corrected chi connectivity index (χ3v) is 4.98. The third kappa shape index (κ3) is 3.91. The number of hydrogen-bond donors (Lipinski definition) is 1. The van der Waals surface area contributed by atoms with E-state index in [9.17, 15) is 8.42 Å². The van der Waals surface area contributed by atoms with Crippen molar-refractivity contribution in [2.24, 2.45) is 0 Å². The van der Waals surface area contributed by atoms with Gasteiger partial charge in [0.1, 0.15) is 0 Å². The first-order valence-electron chi connectivity index (χ1n) is 6.20. The van der Waals surface area contributed by atoms with Crippen molar-refractivity contribution in [2.75, 3.05) is 6.54 Å². The van der Waals surface area contributed by atoms with Gasteiger partial charge in [-0.3, -0.25) is 0 Å². The molecule has 0 spiro atoms. The molecular weight excluding hydrogens is 342 g/mol. The van der Waals surface area contributed by atoms with E-state index in [2.05, 4.69) is 25.6 Å². The lowest BCUT2D eigenvalue weighted by molar-refractivity contribution is 0.569. The number of rotatable bonds is 6. The number of hydrogen-bond acceptors (Lipinski definition) is 3. The number of benzene rings is 1. The Hall–Kier alpha value is -1.18. The van der Waals surface area contributed by atoms with Crippen LogP contribution in [0.4, 0.5) is 0 Å². The summed E-state index contributed by atoms with van der Waals surface area (Å²) in [5.41, 5.74) is 0.732. The van der Waals surface area contributed by atoms with Crippen LogP contribution < -0.4 is 4.72 Å². The minimum Gasteiger partial charge on any atom is -0.337 e. The van der Waals surface area contributed by atoms with Crippen LogP contribution in [-0.4, -0.2) is 24.5 Å². The second kappa shape index (κ2) is 6.51. The minimum atomic E-state index is -3.46. The molecule has 1 aromatic heterocycles. The molecule has 5 nitrogen and oxygen atoms in total. The van der Waals surface area contributed by atoms with Gasteiger partial charge in [0.15, 0.2) is 0 Å². The van der Waals surface area contributed by atoms with Crippen LogP contribution in [0.15, 0.2) is 46.3 Å². The molecule has 108 valence electrons. The summed E-state index contributed by atoms with van der Waals surface area (Å²) < 4.78 is 29.7. The zero-order valence-corrected chi connectivity index (χ0v) is 13.5. The predicted molar refractivity (Wildman–Crippen MR) is 80.9 cm³/mol. The average molecular weight is 358 g/mol. The number of nitrogens with zero attached hydrogens (tertiary/aromatic N) is 2. The van der Waals surface area contributed by atoms with Crippen molar-refractivity contribution in [3.63, 3.8) is 0 Å². The summed E-state index contributed by atoms with van der Waals surface area (Å²) >= 11 is 3.29. The topological polar surface area (TPSA) is 64.0 Å². The summed E-state index contributed by atoms with van der Waals surface area (Å²) in [6.45, 7) is 2.92. The van der Waals surface area contributed by atoms with E-state index >= 15 is 0 Å². The van der Waals surface area contributed by atoms with Crippen LogP contribution in [0.3, 0.4) is 0 Å². The van der Waals surface area contributed by atoms with Gasteiger partial charge in [-0.15, -0.1) is 0 Å². The van der Waals surface area contributed by atoms with Crippen LogP contribution in [0.1, 0.15) is 12.0 Å². The molecule has 0 radical (unpaired) electrons. The van der Waals surface area contributed by atoms with Crippen molar-refractivity contribution < 1.29 is 8.42 Å². The maximum atomic E-state index is 12.2. The molecule has 0 bridgehead atoms. The van der Waals surface area contributed by atoms with Crippen LogP contribution in [0.2, 0.25) is 0 Å². The number of halogens is 1. The number of aromatic nitrogens is 2. The first kappa shape index (κ1) is 15.2. The summed E-state index contributed by atoms with van der Waals surface area (Å²) in [6, 6.07) is 5.23. The maximum absolute atomic E-state index is 12.2. The normalized spacial score (nSPS) is 11.7. The van der Waals surface area contributed by atoms with E-state index in [0.29, 0.717) is 17.9 Å². The van der Waals surface area contributed by atoms with Gasteiger partial charge in [-0.25, -0.2) is 18.1 Å². The van der Waals surface area contributed by atoms with Crippen LogP contribution in [0.5, 0.6) is 0 Å². The molecule has 7 heteroatoms. The molecule has 0 unspecified atom stereocenters. The van der Waals surface area contributed by atoms with Gasteiger partial charge in [-0.1, -0.05) is 22.0 Å². The Kier molecular flexibility index (Phi) is 4.95. The zero-order chi connectivity index (χ0) is 14.6. The second-order valence-corrected chi connectivity index (χ2v) is 7.11. The summed E-state index contributed by atoms with van der Waals surface area (Å²) in [4.78, 5) is 4.25. The van der Waals surface area contributed by atoms with E-state index in [-0.39, 0.29) is 0 Å². The van der Waals surface area contributed by atoms with Crippen molar-refractivity contribution in [2.45, 2.75) is 24.8 Å². The predicted octanol–water partition coefficient (Wildman–Crippen LogP) is 2.32. The van der Waals surface area contributed by atoms with Crippen LogP contribution in [0, 0.1) is 6.92 Å². The number of sulfonamides is 1. The maximum Gasteiger partial charge on any atom is 0.240 e. The first-order valence-corrected chi connectivity index (χ1v) is 8.48. The SMILES string of the molecule is Cc1ccc(Br)cc1S(=O)(=O)NCCCn1ccnc1. The van der Waals surface area contributed by atoms with Gasteiger partial charge in [0.25, 0.3) is 0 Å². The van der Waals surface area contributed by atoms with Gasteiger partial charge >= 0.3 is 0 Å². The van der Waals surface area contributed by atoms with Gasteiger partial charge in [-0.05, 0) is 31.0 Å². The van der Waals surface area contributed by atoms with Gasteiger partial charge in [-0.2, -0.15) is 0 Å². The standard InChI is InChI=1S/C13H16BrN3O2S/c1-11-3-4-12(14)9-13(11)20(18,19)16-5-2-7-17-8-6-15-10-17/h3-4,6,8-10,16H,2,5,7H2,1H3. The monoisotopic (exact) mass is 357 g/mol. The zero-order valence-electron chi connectivity index (χ0n) is 11.1. The molecule has 0 saturated heterocycles. The Labute approximate surface area is 127 Å². The number of nitrogens with one attached hydrogen (secondary N) is 1. The van der Waals surface area contributed by atoms with E-state index < -0.39 is 10.0 Å². The minimum absolute atomic E-state index is 0.314. The van der Waals surface area contributed by atoms with Gasteiger partial charge in [0.05, 0.1) is 11.2 Å². The number of aryl methyl sites for hydroxylation is 2. The second-order valence-electron chi connectivity index (χ2n) is 4.46. The highest BCUT2D eigenvalue weighted by Gasteiger charge is 2.16. The van der Waals surface area contributed by atoms with E-state index in [1.807, 2.05) is 16.8 Å². The summed E-state index contributed by atoms with van der Waals surface area (Å²) in [5.74, 6) is 0. The molecule has 1 N–H and O–H groups in total. The van der Waals surface area contributed by atoms with Crippen molar-refractivity contribution >= 4 is 26.0 Å². The molecule has 0 aliphatic carbocycles. The Morgan fingerprint density at radius 2 is 2.20 bits per heavy atom. The average Bonchev–Trinajstić information content (AvgIpc) is 2.90. The van der Waals surface area contributed by atoms with Gasteiger partial charge < -0.3 is 4.57 Å². The molecule has 20 heavy (non-hydrogen) atoms. The van der Waals surface area contributed by atoms with Crippen molar-refractivity contribution in [3.8, 4) is 0 Å². The van der Waals surface area contributed by atoms with Crippen LogP contribution in [-0.2, 0) is 16.6 Å². The lowest BCUT2D eigenvalue weighted by atomic mass is 10.2. The molecule has 0 saturated carbocycles. The molecule has 1 heterocycles. The summed E-state index contributed by atoms with van der Waals surface area (Å²) in [7, 11) is -3.46. The van der Waals surface area contributed by atoms with Gasteiger partial charge in [0.2, 0.25) is 10.0 Å². The van der Waals surface area contributed by atoms with Crippen LogP contribution >= 0.6 is 15.9 Å². The largest absolute Gasteiger partial charge is 0.337 e. The quantitative estimate of drug-likeness (QED) is 0.806. The molecule has 2 rings (SSSR count). The van der Waals surface area contributed by atoms with Crippen molar-refractivity contribution in [1.82, 2.24) is 14.3 Å². The van der Waals surface area contributed by atoms with Crippen molar-refractivity contribution in [3.05, 3.63) is 47.0 Å². The highest BCUT2D eigenvalue weighted by Crippen LogP contribution is 2.20. The summed E-state index contributed by atoms with van der Waals surface area (Å²) in [5, 5.41) is 0. The highest BCUT2D eigenvalue weighted by atomic mass is 79.9. The molecule has 0 fully saturated rings. The summed E-state index contributed by atoms with van der Waals surface area (Å²) in [6.07, 6.45) is 5.98. The molecular formula is C13H16BrN3O2S. The van der Waals surface area contributed by atoms with E-state index in [1.165, 1.54) is 0 Å². The highest BCUT2D eigenvalue weighted by molar-refractivity contribution is 9.10. The Balaban J connectivity index is 1.95. The fourth-order valence-electron chi connectivity index (χ4n) is 1.83. The smallest absolute Gasteiger partial charge is 0.240 e. The fraction of sp³-hybridized carbons (Fsp3) is 0.308. The first-order chi connectivity index (χ1) is 9.49. The molecule has 0 amide bonds. The Morgan fingerprint density at radius 3 is 2.90 bits per heavy atom. The lowest BCUT2D eigenvalue weighted by Crippen LogP contribution is -2.26. The molecule has 1 aromatic carbocycles. The van der Waals surface area contributed by atoms with E-state index in [1.54, 1.807) is 31.6 Å². The van der Waals surface area contributed by atoms with E-state index in [4.69, 9.17) is 0 Å². The van der Waals surface area contributed by atoms with Crippen LogP contribution in [0.25, 0.3) is 0 Å². The van der Waals surface area contributed by atoms with Crippen molar-refractivity contribution in [1.29, 1.82) is 0 Å². The van der Waals surface area contributed by atoms with E-state index in [0.717, 1.165) is 16.6 Å². The Bertz CT molecular complexity index is 669. The molecule has 0 aliphatic rings. The lowest BCUT2D eigenvalue weighted by Gasteiger charge is -2.10. The molecule has 0 atom stereocenters. The Morgan fingerprint density at radius 1 is 1.40 bits per heavy atom.